The van der Waals surface area contributed by atoms with Crippen LogP contribution in [0.25, 0.3) is 0 Å². The van der Waals surface area contributed by atoms with Crippen LogP contribution >= 0.6 is 0 Å². The fourth-order valence-corrected chi connectivity index (χ4v) is 2.13. The molecule has 1 N–H and O–H groups in total. The van der Waals surface area contributed by atoms with Crippen molar-refractivity contribution in [2.24, 2.45) is 0 Å². The summed E-state index contributed by atoms with van der Waals surface area (Å²) in [7, 11) is 0. The Hall–Kier alpha value is -2.42. The quantitative estimate of drug-likeness (QED) is 0.823. The molecule has 0 aromatic heterocycles. The number of hydrogen-bond donors (Lipinski definition) is 1. The van der Waals surface area contributed by atoms with Gasteiger partial charge < -0.3 is 5.32 Å². The van der Waals surface area contributed by atoms with Gasteiger partial charge in [-0.05, 0) is 12.5 Å². The van der Waals surface area contributed by atoms with E-state index in [-0.39, 0.29) is 30.6 Å². The van der Waals surface area contributed by atoms with E-state index < -0.39 is 0 Å². The molecule has 1 amide bonds. The molecular formula is C18H19NO2. The van der Waals surface area contributed by atoms with Gasteiger partial charge >= 0.3 is 0 Å². The summed E-state index contributed by atoms with van der Waals surface area (Å²) < 4.78 is 0. The van der Waals surface area contributed by atoms with Crippen LogP contribution in [0.15, 0.2) is 60.7 Å². The number of nitrogens with one attached hydrogen (secondary N) is 1. The Balaban J connectivity index is 1.81. The molecule has 3 nitrogen and oxygen atoms in total. The van der Waals surface area contributed by atoms with Crippen LogP contribution in [0.2, 0.25) is 0 Å². The molecule has 3 heteroatoms. The number of carbonyl (C=O) groups is 2. The van der Waals surface area contributed by atoms with Crippen LogP contribution in [-0.2, 0) is 4.79 Å². The Kier molecular flexibility index (Phi) is 5.27. The van der Waals surface area contributed by atoms with Gasteiger partial charge in [-0.25, -0.2) is 0 Å². The molecule has 0 heterocycles. The van der Waals surface area contributed by atoms with Crippen molar-refractivity contribution in [3.05, 3.63) is 71.8 Å². The zero-order valence-electron chi connectivity index (χ0n) is 12.1. The molecule has 2 aromatic carbocycles. The van der Waals surface area contributed by atoms with Gasteiger partial charge in [0.25, 0.3) is 0 Å². The first-order chi connectivity index (χ1) is 10.2. The molecule has 21 heavy (non-hydrogen) atoms. The molecule has 0 fully saturated rings. The fraction of sp³-hybridized carbons (Fsp3) is 0.222. The first kappa shape index (κ1) is 15.0. The Labute approximate surface area is 125 Å². The number of amides is 1. The van der Waals surface area contributed by atoms with Crippen molar-refractivity contribution in [1.82, 2.24) is 5.32 Å². The first-order valence-corrected chi connectivity index (χ1v) is 7.09. The number of ketones is 1. The number of carbonyl (C=O) groups excluding carboxylic acids is 2. The summed E-state index contributed by atoms with van der Waals surface area (Å²) in [6, 6.07) is 18.8. The second-order valence-corrected chi connectivity index (χ2v) is 4.99. The monoisotopic (exact) mass is 281 g/mol. The van der Waals surface area contributed by atoms with Crippen molar-refractivity contribution in [1.29, 1.82) is 0 Å². The second kappa shape index (κ2) is 7.39. The summed E-state index contributed by atoms with van der Waals surface area (Å²) in [6.07, 6.45) is 0.447. The van der Waals surface area contributed by atoms with Gasteiger partial charge in [-0.15, -0.1) is 0 Å². The van der Waals surface area contributed by atoms with Gasteiger partial charge in [-0.3, -0.25) is 9.59 Å². The number of hydrogen-bond acceptors (Lipinski definition) is 2. The first-order valence-electron chi connectivity index (χ1n) is 7.09. The van der Waals surface area contributed by atoms with Crippen molar-refractivity contribution < 1.29 is 9.59 Å². The minimum absolute atomic E-state index is 0.00175. The molecule has 2 aromatic rings. The summed E-state index contributed by atoms with van der Waals surface area (Å²) >= 11 is 0. The van der Waals surface area contributed by atoms with E-state index in [1.807, 2.05) is 55.5 Å². The van der Waals surface area contributed by atoms with Crippen LogP contribution in [0.3, 0.4) is 0 Å². The number of Topliss-reactive ketones (excluding diaryl/α,β-unsaturated/α-hetero) is 1. The highest BCUT2D eigenvalue weighted by Gasteiger charge is 2.12. The molecule has 0 aliphatic carbocycles. The molecule has 0 radical (unpaired) electrons. The Morgan fingerprint density at radius 3 is 2.10 bits per heavy atom. The van der Waals surface area contributed by atoms with Crippen LogP contribution in [0.5, 0.6) is 0 Å². The van der Waals surface area contributed by atoms with Crippen LogP contribution in [0.4, 0.5) is 0 Å². The van der Waals surface area contributed by atoms with E-state index >= 15 is 0 Å². The van der Waals surface area contributed by atoms with E-state index in [1.165, 1.54) is 0 Å². The molecule has 0 aliphatic heterocycles. The van der Waals surface area contributed by atoms with Gasteiger partial charge in [-0.1, -0.05) is 60.7 Å². The number of benzene rings is 2. The van der Waals surface area contributed by atoms with Crippen molar-refractivity contribution >= 4 is 11.7 Å². The summed E-state index contributed by atoms with van der Waals surface area (Å²) in [5.41, 5.74) is 1.71. The van der Waals surface area contributed by atoms with Crippen LogP contribution in [-0.4, -0.2) is 11.7 Å². The van der Waals surface area contributed by atoms with Crippen molar-refractivity contribution in [2.75, 3.05) is 0 Å². The van der Waals surface area contributed by atoms with Crippen molar-refractivity contribution in [3.63, 3.8) is 0 Å². The third-order valence-corrected chi connectivity index (χ3v) is 3.35. The summed E-state index contributed by atoms with van der Waals surface area (Å²) in [6.45, 7) is 1.94. The highest BCUT2D eigenvalue weighted by Crippen LogP contribution is 2.12. The third kappa shape index (κ3) is 4.56. The molecule has 0 spiro atoms. The van der Waals surface area contributed by atoms with Gasteiger partial charge in [-0.2, -0.15) is 0 Å². The van der Waals surface area contributed by atoms with E-state index in [9.17, 15) is 9.59 Å². The summed E-state index contributed by atoms with van der Waals surface area (Å²) in [5, 5.41) is 2.91. The third-order valence-electron chi connectivity index (χ3n) is 3.35. The average Bonchev–Trinajstić information content (AvgIpc) is 2.54. The minimum Gasteiger partial charge on any atom is -0.350 e. The lowest BCUT2D eigenvalue weighted by atomic mass is 10.1. The van der Waals surface area contributed by atoms with Crippen LogP contribution in [0.1, 0.15) is 41.7 Å². The zero-order valence-corrected chi connectivity index (χ0v) is 12.1. The Morgan fingerprint density at radius 2 is 1.48 bits per heavy atom. The van der Waals surface area contributed by atoms with E-state index in [4.69, 9.17) is 0 Å². The molecule has 1 atom stereocenters. The molecule has 0 unspecified atom stereocenters. The lowest BCUT2D eigenvalue weighted by Crippen LogP contribution is -2.26. The normalized spacial score (nSPS) is 11.7. The molecule has 0 saturated heterocycles. The minimum atomic E-state index is -0.101. The SMILES string of the molecule is C[C@H](NC(=O)CCC(=O)c1ccccc1)c1ccccc1. The van der Waals surface area contributed by atoms with Gasteiger partial charge in [0, 0.05) is 18.4 Å². The van der Waals surface area contributed by atoms with E-state index in [0.717, 1.165) is 5.56 Å². The van der Waals surface area contributed by atoms with Gasteiger partial charge in [0.05, 0.1) is 6.04 Å². The predicted octanol–water partition coefficient (Wildman–Crippen LogP) is 3.53. The smallest absolute Gasteiger partial charge is 0.220 e. The molecule has 0 saturated carbocycles. The molecule has 108 valence electrons. The highest BCUT2D eigenvalue weighted by molar-refractivity contribution is 5.97. The Bertz CT molecular complexity index is 593. The summed E-state index contributed by atoms with van der Waals surface area (Å²) in [5.74, 6) is -0.103. The lowest BCUT2D eigenvalue weighted by Gasteiger charge is -2.14. The maximum absolute atomic E-state index is 11.9. The maximum atomic E-state index is 11.9. The predicted molar refractivity (Wildman–Crippen MR) is 83.0 cm³/mol. The van der Waals surface area contributed by atoms with Gasteiger partial charge in [0.15, 0.2) is 5.78 Å². The lowest BCUT2D eigenvalue weighted by molar-refractivity contribution is -0.121. The van der Waals surface area contributed by atoms with Crippen molar-refractivity contribution in [3.8, 4) is 0 Å². The van der Waals surface area contributed by atoms with Gasteiger partial charge in [0.1, 0.15) is 0 Å². The van der Waals surface area contributed by atoms with Crippen LogP contribution < -0.4 is 5.32 Å². The molecule has 2 rings (SSSR count). The Morgan fingerprint density at radius 1 is 0.905 bits per heavy atom. The highest BCUT2D eigenvalue weighted by atomic mass is 16.2. The van der Waals surface area contributed by atoms with E-state index in [0.29, 0.717) is 5.56 Å². The number of rotatable bonds is 6. The van der Waals surface area contributed by atoms with Crippen molar-refractivity contribution in [2.45, 2.75) is 25.8 Å². The topological polar surface area (TPSA) is 46.2 Å². The largest absolute Gasteiger partial charge is 0.350 e. The summed E-state index contributed by atoms with van der Waals surface area (Å²) in [4.78, 5) is 23.8. The molecular weight excluding hydrogens is 262 g/mol. The second-order valence-electron chi connectivity index (χ2n) is 4.99. The standard InChI is InChI=1S/C18H19NO2/c1-14(15-8-4-2-5-9-15)19-18(21)13-12-17(20)16-10-6-3-7-11-16/h2-11,14H,12-13H2,1H3,(H,19,21)/t14-/m0/s1. The van der Waals surface area contributed by atoms with E-state index in [1.54, 1.807) is 12.1 Å². The van der Waals surface area contributed by atoms with E-state index in [2.05, 4.69) is 5.32 Å². The van der Waals surface area contributed by atoms with Gasteiger partial charge in [0.2, 0.25) is 5.91 Å². The zero-order chi connectivity index (χ0) is 15.1. The van der Waals surface area contributed by atoms with Crippen LogP contribution in [0, 0.1) is 0 Å². The molecule has 0 aliphatic rings. The average molecular weight is 281 g/mol. The fourth-order valence-electron chi connectivity index (χ4n) is 2.13. The maximum Gasteiger partial charge on any atom is 0.220 e. The molecule has 0 bridgehead atoms.